The SMILES string of the molecule is CCCC1CCC(C2=N/C(=C\c3ccc([N+](=O)[O-])cc3)C(=O)O2)CC1. The van der Waals surface area contributed by atoms with Crippen molar-refractivity contribution in [1.82, 2.24) is 0 Å². The molecular formula is C19H22N2O4. The molecule has 1 saturated carbocycles. The molecule has 25 heavy (non-hydrogen) atoms. The number of aliphatic imine (C=N–C) groups is 1. The van der Waals surface area contributed by atoms with Gasteiger partial charge >= 0.3 is 5.97 Å². The Morgan fingerprint density at radius 3 is 2.52 bits per heavy atom. The number of nitro groups is 1. The van der Waals surface area contributed by atoms with Gasteiger partial charge < -0.3 is 4.74 Å². The zero-order chi connectivity index (χ0) is 17.8. The van der Waals surface area contributed by atoms with Crippen molar-refractivity contribution < 1.29 is 14.5 Å². The van der Waals surface area contributed by atoms with Crippen molar-refractivity contribution in [2.24, 2.45) is 16.8 Å². The summed E-state index contributed by atoms with van der Waals surface area (Å²) in [7, 11) is 0. The fourth-order valence-electron chi connectivity index (χ4n) is 3.56. The van der Waals surface area contributed by atoms with Crippen molar-refractivity contribution in [1.29, 1.82) is 0 Å². The lowest BCUT2D eigenvalue weighted by Crippen LogP contribution is -2.22. The number of hydrogen-bond acceptors (Lipinski definition) is 5. The van der Waals surface area contributed by atoms with Crippen LogP contribution in [0.2, 0.25) is 0 Å². The summed E-state index contributed by atoms with van der Waals surface area (Å²) in [6, 6.07) is 6.02. The first-order chi connectivity index (χ1) is 12.1. The molecule has 132 valence electrons. The maximum absolute atomic E-state index is 12.1. The number of ether oxygens (including phenoxy) is 1. The van der Waals surface area contributed by atoms with E-state index in [1.54, 1.807) is 18.2 Å². The van der Waals surface area contributed by atoms with Gasteiger partial charge in [-0.15, -0.1) is 0 Å². The highest BCUT2D eigenvalue weighted by molar-refractivity contribution is 6.07. The van der Waals surface area contributed by atoms with Crippen molar-refractivity contribution in [3.8, 4) is 0 Å². The van der Waals surface area contributed by atoms with E-state index < -0.39 is 10.9 Å². The molecule has 2 aliphatic rings. The number of cyclic esters (lactones) is 1. The number of esters is 1. The lowest BCUT2D eigenvalue weighted by Gasteiger charge is -2.27. The van der Waals surface area contributed by atoms with E-state index in [4.69, 9.17) is 4.74 Å². The molecular weight excluding hydrogens is 320 g/mol. The molecule has 1 aliphatic carbocycles. The standard InChI is InChI=1S/C19H22N2O4/c1-2-3-13-4-8-15(9-5-13)18-20-17(19(22)25-18)12-14-6-10-16(11-7-14)21(23)24/h6-7,10-13,15H,2-5,8-9H2,1H3/b17-12-. The Morgan fingerprint density at radius 2 is 1.92 bits per heavy atom. The van der Waals surface area contributed by atoms with Crippen LogP contribution in [-0.4, -0.2) is 16.8 Å². The van der Waals surface area contributed by atoms with E-state index >= 15 is 0 Å². The van der Waals surface area contributed by atoms with Crippen LogP contribution in [-0.2, 0) is 9.53 Å². The van der Waals surface area contributed by atoms with E-state index in [0.29, 0.717) is 11.5 Å². The minimum absolute atomic E-state index is 0.0178. The molecule has 1 heterocycles. The van der Waals surface area contributed by atoms with Gasteiger partial charge in [0.15, 0.2) is 5.70 Å². The fourth-order valence-corrected chi connectivity index (χ4v) is 3.56. The van der Waals surface area contributed by atoms with E-state index in [9.17, 15) is 14.9 Å². The van der Waals surface area contributed by atoms with E-state index in [2.05, 4.69) is 11.9 Å². The van der Waals surface area contributed by atoms with Crippen LogP contribution in [0.1, 0.15) is 51.0 Å². The van der Waals surface area contributed by atoms with Crippen LogP contribution in [0, 0.1) is 22.0 Å². The molecule has 0 aromatic heterocycles. The van der Waals surface area contributed by atoms with Gasteiger partial charge in [0.25, 0.3) is 5.69 Å². The molecule has 1 aliphatic heterocycles. The van der Waals surface area contributed by atoms with Crippen LogP contribution in [0.4, 0.5) is 5.69 Å². The number of non-ortho nitro benzene ring substituents is 1. The van der Waals surface area contributed by atoms with E-state index in [-0.39, 0.29) is 17.3 Å². The third-order valence-electron chi connectivity index (χ3n) is 4.94. The Balaban J connectivity index is 1.69. The highest BCUT2D eigenvalue weighted by Crippen LogP contribution is 2.34. The molecule has 1 aromatic rings. The lowest BCUT2D eigenvalue weighted by molar-refractivity contribution is -0.384. The molecule has 1 aromatic carbocycles. The summed E-state index contributed by atoms with van der Waals surface area (Å²) in [5.74, 6) is 1.10. The minimum Gasteiger partial charge on any atom is -0.406 e. The Hall–Kier alpha value is -2.50. The summed E-state index contributed by atoms with van der Waals surface area (Å²) in [6.07, 6.45) is 8.45. The van der Waals surface area contributed by atoms with E-state index in [1.165, 1.54) is 25.0 Å². The minimum atomic E-state index is -0.452. The number of nitrogens with zero attached hydrogens (tertiary/aromatic N) is 2. The van der Waals surface area contributed by atoms with Crippen molar-refractivity contribution >= 4 is 23.6 Å². The fraction of sp³-hybridized carbons (Fsp3) is 0.474. The van der Waals surface area contributed by atoms with Gasteiger partial charge in [0.05, 0.1) is 4.92 Å². The predicted octanol–water partition coefficient (Wildman–Crippen LogP) is 4.50. The number of rotatable bonds is 5. The average molecular weight is 342 g/mol. The van der Waals surface area contributed by atoms with Gasteiger partial charge in [-0.1, -0.05) is 19.8 Å². The molecule has 0 bridgehead atoms. The number of nitro benzene ring substituents is 1. The van der Waals surface area contributed by atoms with Gasteiger partial charge in [0.2, 0.25) is 5.90 Å². The normalized spacial score (nSPS) is 24.9. The van der Waals surface area contributed by atoms with Gasteiger partial charge in [0, 0.05) is 18.1 Å². The van der Waals surface area contributed by atoms with Crippen molar-refractivity contribution in [2.45, 2.75) is 45.4 Å². The summed E-state index contributed by atoms with van der Waals surface area (Å²) < 4.78 is 5.38. The van der Waals surface area contributed by atoms with Crippen LogP contribution in [0.15, 0.2) is 35.0 Å². The zero-order valence-corrected chi connectivity index (χ0v) is 14.3. The van der Waals surface area contributed by atoms with Crippen LogP contribution in [0.25, 0.3) is 6.08 Å². The number of hydrogen-bond donors (Lipinski definition) is 0. The van der Waals surface area contributed by atoms with Gasteiger partial charge in [0.1, 0.15) is 0 Å². The van der Waals surface area contributed by atoms with Crippen LogP contribution < -0.4 is 0 Å². The van der Waals surface area contributed by atoms with Crippen LogP contribution in [0.5, 0.6) is 0 Å². The zero-order valence-electron chi connectivity index (χ0n) is 14.3. The molecule has 0 radical (unpaired) electrons. The third-order valence-corrected chi connectivity index (χ3v) is 4.94. The van der Waals surface area contributed by atoms with Crippen molar-refractivity contribution in [3.63, 3.8) is 0 Å². The van der Waals surface area contributed by atoms with E-state index in [0.717, 1.165) is 31.6 Å². The Bertz CT molecular complexity index is 713. The maximum Gasteiger partial charge on any atom is 0.363 e. The number of benzene rings is 1. The topological polar surface area (TPSA) is 81.8 Å². The lowest BCUT2D eigenvalue weighted by atomic mass is 9.80. The Labute approximate surface area is 146 Å². The highest BCUT2D eigenvalue weighted by Gasteiger charge is 2.32. The largest absolute Gasteiger partial charge is 0.406 e. The monoisotopic (exact) mass is 342 g/mol. The quantitative estimate of drug-likeness (QED) is 0.341. The molecule has 6 heteroatoms. The molecule has 0 unspecified atom stereocenters. The Morgan fingerprint density at radius 1 is 1.24 bits per heavy atom. The molecule has 6 nitrogen and oxygen atoms in total. The number of carbonyl (C=O) groups is 1. The molecule has 3 rings (SSSR count). The first-order valence-electron chi connectivity index (χ1n) is 8.83. The smallest absolute Gasteiger partial charge is 0.363 e. The van der Waals surface area contributed by atoms with Gasteiger partial charge in [-0.2, -0.15) is 0 Å². The second-order valence-electron chi connectivity index (χ2n) is 6.72. The summed E-state index contributed by atoms with van der Waals surface area (Å²) >= 11 is 0. The molecule has 0 spiro atoms. The second-order valence-corrected chi connectivity index (χ2v) is 6.72. The van der Waals surface area contributed by atoms with Crippen molar-refractivity contribution in [3.05, 3.63) is 45.6 Å². The van der Waals surface area contributed by atoms with E-state index in [1.807, 2.05) is 0 Å². The van der Waals surface area contributed by atoms with Crippen LogP contribution in [0.3, 0.4) is 0 Å². The summed E-state index contributed by atoms with van der Waals surface area (Å²) in [5, 5.41) is 10.7. The van der Waals surface area contributed by atoms with Gasteiger partial charge in [-0.3, -0.25) is 10.1 Å². The molecule has 0 amide bonds. The van der Waals surface area contributed by atoms with Crippen molar-refractivity contribution in [2.75, 3.05) is 0 Å². The average Bonchev–Trinajstić information content (AvgIpc) is 2.97. The summed E-state index contributed by atoms with van der Waals surface area (Å²) in [6.45, 7) is 2.21. The predicted molar refractivity (Wildman–Crippen MR) is 95.0 cm³/mol. The summed E-state index contributed by atoms with van der Waals surface area (Å²) in [5.41, 5.74) is 0.970. The van der Waals surface area contributed by atoms with Gasteiger partial charge in [-0.05, 0) is 55.4 Å². The van der Waals surface area contributed by atoms with Crippen LogP contribution >= 0.6 is 0 Å². The highest BCUT2D eigenvalue weighted by atomic mass is 16.6. The first kappa shape index (κ1) is 17.3. The maximum atomic E-state index is 12.1. The molecule has 0 saturated heterocycles. The Kier molecular flexibility index (Phi) is 5.26. The molecule has 0 atom stereocenters. The number of carbonyl (C=O) groups excluding carboxylic acids is 1. The second kappa shape index (κ2) is 7.59. The molecule has 1 fully saturated rings. The molecule has 0 N–H and O–H groups in total. The van der Waals surface area contributed by atoms with Gasteiger partial charge in [-0.25, -0.2) is 9.79 Å². The third kappa shape index (κ3) is 4.13. The first-order valence-corrected chi connectivity index (χ1v) is 8.83. The summed E-state index contributed by atoms with van der Waals surface area (Å²) in [4.78, 5) is 26.7.